The van der Waals surface area contributed by atoms with Crippen LogP contribution in [0.5, 0.6) is 17.2 Å². The number of carbonyl (C=O) groups is 3. The van der Waals surface area contributed by atoms with E-state index in [2.05, 4.69) is 46.9 Å². The van der Waals surface area contributed by atoms with Gasteiger partial charge in [-0.05, 0) is 88.4 Å². The summed E-state index contributed by atoms with van der Waals surface area (Å²) in [5.41, 5.74) is 11.7. The Morgan fingerprint density at radius 3 is 0.978 bits per heavy atom. The maximum atomic E-state index is 13.0. The highest BCUT2D eigenvalue weighted by atomic mass is 19.4. The van der Waals surface area contributed by atoms with Gasteiger partial charge in [-0.25, -0.2) is 16.3 Å². The van der Waals surface area contributed by atoms with Crippen molar-refractivity contribution in [3.05, 3.63) is 214 Å². The molecule has 0 fully saturated rings. The van der Waals surface area contributed by atoms with Crippen LogP contribution in [0, 0.1) is 6.92 Å². The van der Waals surface area contributed by atoms with Crippen molar-refractivity contribution in [2.45, 2.75) is 40.0 Å². The first-order chi connectivity index (χ1) is 44.1. The standard InChI is InChI=1S/2C20H17F3N4O2.C20H20N4O2.3CO2/c1-12(24-25-19(29)13-7-4-3-5-8-13)16-18(28)17(27(2)26-16)14-9-6-10-15(11-14)20(21,22)23;1-12(24-25-19(29)14-6-4-3-5-7-14)16-18(28)17(27(2)26-16)13-8-10-15(11-9-13)20(21,22)23;1-13-9-11-15(12-10-13)18-19(25)17(23-24(18)3)14(2)21-22-20(26)16-7-5-4-6-8-16;3*2-1-3/h2*3-11,28H,1-2H3,(H,25,29);4-12,25H,1-3H3,(H,22,26);;;/b2*24-12+;21-14+;;;. The Morgan fingerprint density at radius 1 is 0.409 bits per heavy atom. The molecule has 93 heavy (non-hydrogen) atoms. The summed E-state index contributed by atoms with van der Waals surface area (Å²) in [5, 5.41) is 56.3. The summed E-state index contributed by atoms with van der Waals surface area (Å²) in [7, 11) is 4.80. The predicted molar refractivity (Wildman–Crippen MR) is 319 cm³/mol. The fourth-order valence-corrected chi connectivity index (χ4v) is 8.14. The number of aromatic nitrogens is 6. The molecule has 9 aromatic rings. The molecular weight excluding hydrogens is 1230 g/mol. The second-order valence-electron chi connectivity index (χ2n) is 18.8. The number of rotatable bonds is 12. The van der Waals surface area contributed by atoms with Gasteiger partial charge in [0.15, 0.2) is 34.3 Å². The molecule has 0 aliphatic heterocycles. The van der Waals surface area contributed by atoms with E-state index in [-0.39, 0.29) is 81.4 Å². The summed E-state index contributed by atoms with van der Waals surface area (Å²) in [4.78, 5) is 85.0. The number of benzene rings is 6. The molecule has 24 nitrogen and oxygen atoms in total. The summed E-state index contributed by atoms with van der Waals surface area (Å²) in [6.45, 7) is 6.75. The van der Waals surface area contributed by atoms with Gasteiger partial charge < -0.3 is 15.3 Å². The minimum Gasteiger partial charge on any atom is -0.504 e. The van der Waals surface area contributed by atoms with Crippen LogP contribution in [-0.4, -0.2) is 98.0 Å². The van der Waals surface area contributed by atoms with Crippen LogP contribution in [0.15, 0.2) is 179 Å². The maximum Gasteiger partial charge on any atom is 0.416 e. The molecule has 0 atom stereocenters. The summed E-state index contributed by atoms with van der Waals surface area (Å²) >= 11 is 0. The lowest BCUT2D eigenvalue weighted by Crippen LogP contribution is -2.19. The van der Waals surface area contributed by atoms with E-state index in [1.54, 1.807) is 118 Å². The molecule has 30 heteroatoms. The smallest absolute Gasteiger partial charge is 0.416 e. The van der Waals surface area contributed by atoms with E-state index in [0.29, 0.717) is 39.4 Å². The van der Waals surface area contributed by atoms with Crippen molar-refractivity contribution in [1.29, 1.82) is 0 Å². The van der Waals surface area contributed by atoms with Crippen LogP contribution >= 0.6 is 0 Å². The average Bonchev–Trinajstić information content (AvgIpc) is 1.69. The van der Waals surface area contributed by atoms with Crippen molar-refractivity contribution in [2.24, 2.45) is 36.4 Å². The molecule has 480 valence electrons. The monoisotopic (exact) mass is 1280 g/mol. The van der Waals surface area contributed by atoms with E-state index in [4.69, 9.17) is 28.8 Å². The van der Waals surface area contributed by atoms with Crippen LogP contribution in [0.25, 0.3) is 33.8 Å². The third-order valence-electron chi connectivity index (χ3n) is 12.5. The largest absolute Gasteiger partial charge is 0.504 e. The molecule has 0 bridgehead atoms. The summed E-state index contributed by atoms with van der Waals surface area (Å²) in [6, 6.07) is 42.4. The van der Waals surface area contributed by atoms with Crippen molar-refractivity contribution in [3.63, 3.8) is 0 Å². The van der Waals surface area contributed by atoms with Crippen molar-refractivity contribution in [2.75, 3.05) is 0 Å². The zero-order valence-electron chi connectivity index (χ0n) is 49.9. The Labute approximate surface area is 523 Å². The number of hydrogen-bond acceptors (Lipinski definition) is 18. The Kier molecular flexibility index (Phi) is 26.9. The van der Waals surface area contributed by atoms with Crippen LogP contribution in [0.3, 0.4) is 0 Å². The molecule has 9 rings (SSSR count). The lowest BCUT2D eigenvalue weighted by Gasteiger charge is -2.09. The second kappa shape index (κ2) is 34.3. The van der Waals surface area contributed by atoms with E-state index in [1.807, 2.05) is 37.3 Å². The quantitative estimate of drug-likeness (QED) is 0.0377. The van der Waals surface area contributed by atoms with Crippen LogP contribution < -0.4 is 16.3 Å². The number of amides is 3. The van der Waals surface area contributed by atoms with Crippen molar-refractivity contribution in [3.8, 4) is 51.0 Å². The molecule has 3 aromatic heterocycles. The first-order valence-corrected chi connectivity index (χ1v) is 26.5. The van der Waals surface area contributed by atoms with E-state index >= 15 is 0 Å². The summed E-state index contributed by atoms with van der Waals surface area (Å²) in [5.74, 6) is -1.74. The van der Waals surface area contributed by atoms with Gasteiger partial charge >= 0.3 is 30.8 Å². The van der Waals surface area contributed by atoms with Gasteiger partial charge in [-0.1, -0.05) is 109 Å². The molecule has 0 unspecified atom stereocenters. The van der Waals surface area contributed by atoms with E-state index in [0.717, 1.165) is 35.4 Å². The highest BCUT2D eigenvalue weighted by molar-refractivity contribution is 6.04. The molecule has 3 amide bonds. The predicted octanol–water partition coefficient (Wildman–Crippen LogP) is 9.44. The number of nitrogens with one attached hydrogen (secondary N) is 3. The molecule has 0 spiro atoms. The lowest BCUT2D eigenvalue weighted by atomic mass is 10.1. The second-order valence-corrected chi connectivity index (χ2v) is 18.8. The Bertz CT molecular complexity index is 4200. The minimum atomic E-state index is -4.51. The van der Waals surface area contributed by atoms with Gasteiger partial charge in [-0.2, -0.15) is 85.7 Å². The van der Waals surface area contributed by atoms with Crippen LogP contribution in [0.2, 0.25) is 0 Å². The molecule has 0 saturated heterocycles. The molecule has 0 saturated carbocycles. The summed E-state index contributed by atoms with van der Waals surface area (Å²) < 4.78 is 81.4. The fraction of sp³-hybridized carbons (Fsp3) is 0.143. The number of alkyl halides is 6. The Hall–Kier alpha value is -12.5. The van der Waals surface area contributed by atoms with E-state index < -0.39 is 35.3 Å². The van der Waals surface area contributed by atoms with Crippen LogP contribution in [0.4, 0.5) is 26.3 Å². The molecule has 0 aliphatic carbocycles. The first kappa shape index (κ1) is 73.0. The molecule has 0 aliphatic rings. The summed E-state index contributed by atoms with van der Waals surface area (Å²) in [6.07, 6.45) is -8.20. The lowest BCUT2D eigenvalue weighted by molar-refractivity contribution is -0.193. The van der Waals surface area contributed by atoms with Gasteiger partial charge in [0.2, 0.25) is 0 Å². The number of nitrogens with zero attached hydrogens (tertiary/aromatic N) is 9. The number of halogens is 6. The molecule has 6 aromatic carbocycles. The Morgan fingerprint density at radius 2 is 0.688 bits per heavy atom. The minimum absolute atomic E-state index is 0.0339. The number of carbonyl (C=O) groups excluding carboxylic acids is 9. The van der Waals surface area contributed by atoms with Crippen molar-refractivity contribution >= 4 is 53.3 Å². The molecule has 3 heterocycles. The number of hydrazone groups is 3. The first-order valence-electron chi connectivity index (χ1n) is 26.5. The normalized spacial score (nSPS) is 11.0. The number of aryl methyl sites for hydroxylation is 4. The van der Waals surface area contributed by atoms with Gasteiger partial charge in [0.25, 0.3) is 17.7 Å². The average molecular weight is 1290 g/mol. The highest BCUT2D eigenvalue weighted by Crippen LogP contribution is 2.38. The molecule has 0 radical (unpaired) electrons. The van der Waals surface area contributed by atoms with Gasteiger partial charge in [-0.15, -0.1) is 0 Å². The van der Waals surface area contributed by atoms with Crippen LogP contribution in [-0.2, 0) is 62.3 Å². The Balaban J connectivity index is 0.000000279. The topological polar surface area (TPSA) is 341 Å². The van der Waals surface area contributed by atoms with Gasteiger partial charge in [0.1, 0.15) is 17.1 Å². The number of hydrogen-bond donors (Lipinski definition) is 6. The van der Waals surface area contributed by atoms with Gasteiger partial charge in [-0.3, -0.25) is 28.4 Å². The zero-order valence-corrected chi connectivity index (χ0v) is 49.9. The maximum absolute atomic E-state index is 13.0. The fourth-order valence-electron chi connectivity index (χ4n) is 8.14. The molecule has 6 N–H and O–H groups in total. The highest BCUT2D eigenvalue weighted by Gasteiger charge is 2.32. The van der Waals surface area contributed by atoms with E-state index in [1.165, 1.54) is 47.6 Å². The van der Waals surface area contributed by atoms with E-state index in [9.17, 15) is 56.0 Å². The van der Waals surface area contributed by atoms with Gasteiger partial charge in [0, 0.05) is 54.5 Å². The van der Waals surface area contributed by atoms with Crippen LogP contribution in [0.1, 0.15) is 85.6 Å². The van der Waals surface area contributed by atoms with Gasteiger partial charge in [0.05, 0.1) is 28.3 Å². The molecular formula is C63H54F6N12O12. The number of aromatic hydroxyl groups is 3. The SMILES string of the molecule is C/C(=N\NC(=O)c1ccccc1)c1nn(C)c(-c2ccc(C(F)(F)F)cc2)c1O.C/C(=N\NC(=O)c1ccccc1)c1nn(C)c(-c2ccc(C)cc2)c1O.C/C(=N\NC(=O)c1ccccc1)c1nn(C)c(-c2cccc(C(F)(F)F)c2)c1O.O=C=O.O=C=O.O=C=O. The third-order valence-corrected chi connectivity index (χ3v) is 12.5. The zero-order chi connectivity index (χ0) is 69.2. The van der Waals surface area contributed by atoms with Crippen molar-refractivity contribution < 1.29 is 84.8 Å². The third kappa shape index (κ3) is 20.5. The van der Waals surface area contributed by atoms with Crippen molar-refractivity contribution in [1.82, 2.24) is 45.6 Å².